The summed E-state index contributed by atoms with van der Waals surface area (Å²) in [5.41, 5.74) is 0. The van der Waals surface area contributed by atoms with E-state index in [1.54, 1.807) is 0 Å². The molecule has 0 aliphatic carbocycles. The molecule has 0 radical (unpaired) electrons. The first-order chi connectivity index (χ1) is 48.7. The fraction of sp³-hybridized carbons (Fsp3) is 0.901. The van der Waals surface area contributed by atoms with Crippen molar-refractivity contribution in [1.29, 1.82) is 0 Å². The number of ether oxygens (including phenoxy) is 4. The molecule has 590 valence electrons. The second-order valence-electron chi connectivity index (χ2n) is 28.4. The summed E-state index contributed by atoms with van der Waals surface area (Å²) in [6.07, 6.45) is 70.0. The van der Waals surface area contributed by atoms with Gasteiger partial charge in [0.1, 0.15) is 19.3 Å². The molecule has 0 aliphatic rings. The Bertz CT molecular complexity index is 1990. The molecule has 100 heavy (non-hydrogen) atoms. The van der Waals surface area contributed by atoms with Crippen LogP contribution in [0.4, 0.5) is 0 Å². The van der Waals surface area contributed by atoms with Gasteiger partial charge in [-0.1, -0.05) is 354 Å². The van der Waals surface area contributed by atoms with E-state index in [1.165, 1.54) is 225 Å². The summed E-state index contributed by atoms with van der Waals surface area (Å²) in [5.74, 6) is -2.13. The molecule has 0 amide bonds. The van der Waals surface area contributed by atoms with Crippen molar-refractivity contribution in [3.8, 4) is 0 Å². The average molecular weight is 1460 g/mol. The lowest BCUT2D eigenvalue weighted by molar-refractivity contribution is -0.161. The topological polar surface area (TPSA) is 237 Å². The molecule has 0 bridgehead atoms. The Balaban J connectivity index is 5.29. The van der Waals surface area contributed by atoms with Gasteiger partial charge < -0.3 is 33.8 Å². The zero-order valence-corrected chi connectivity index (χ0v) is 66.5. The normalized spacial score (nSPS) is 13.9. The number of carbonyl (C=O) groups excluding carboxylic acids is 4. The number of phosphoric acid groups is 2. The molecule has 0 rings (SSSR count). The van der Waals surface area contributed by atoms with Gasteiger partial charge in [-0.15, -0.1) is 0 Å². The molecule has 0 saturated carbocycles. The van der Waals surface area contributed by atoms with E-state index in [0.717, 1.165) is 109 Å². The van der Waals surface area contributed by atoms with Crippen LogP contribution in [0.3, 0.4) is 0 Å². The van der Waals surface area contributed by atoms with Crippen LogP contribution in [-0.2, 0) is 65.4 Å². The van der Waals surface area contributed by atoms with E-state index in [-0.39, 0.29) is 25.7 Å². The highest BCUT2D eigenvalue weighted by Gasteiger charge is 2.30. The van der Waals surface area contributed by atoms with Crippen LogP contribution in [0.15, 0.2) is 24.3 Å². The van der Waals surface area contributed by atoms with Gasteiger partial charge >= 0.3 is 39.5 Å². The van der Waals surface area contributed by atoms with Gasteiger partial charge in [0.15, 0.2) is 12.2 Å². The lowest BCUT2D eigenvalue weighted by Crippen LogP contribution is -2.30. The Kier molecular flexibility index (Phi) is 73.0. The number of phosphoric ester groups is 2. The van der Waals surface area contributed by atoms with Crippen molar-refractivity contribution in [2.24, 2.45) is 0 Å². The Morgan fingerprint density at radius 2 is 0.490 bits per heavy atom. The monoisotopic (exact) mass is 1460 g/mol. The van der Waals surface area contributed by atoms with E-state index < -0.39 is 97.5 Å². The minimum atomic E-state index is -4.97. The number of aliphatic hydroxyl groups excluding tert-OH is 1. The fourth-order valence-corrected chi connectivity index (χ4v) is 13.7. The van der Waals surface area contributed by atoms with Crippen LogP contribution < -0.4 is 0 Å². The maximum atomic E-state index is 13.1. The fourth-order valence-electron chi connectivity index (χ4n) is 12.1. The van der Waals surface area contributed by atoms with E-state index in [9.17, 15) is 43.2 Å². The maximum absolute atomic E-state index is 13.1. The van der Waals surface area contributed by atoms with Crippen LogP contribution in [0, 0.1) is 0 Å². The van der Waals surface area contributed by atoms with Gasteiger partial charge in [-0.25, -0.2) is 9.13 Å². The average Bonchev–Trinajstić information content (AvgIpc) is 0.938. The third-order valence-electron chi connectivity index (χ3n) is 18.4. The van der Waals surface area contributed by atoms with Crippen molar-refractivity contribution in [2.45, 2.75) is 431 Å². The molecule has 0 spiro atoms. The van der Waals surface area contributed by atoms with Gasteiger partial charge in [-0.3, -0.25) is 37.3 Å². The van der Waals surface area contributed by atoms with E-state index in [0.29, 0.717) is 25.7 Å². The minimum absolute atomic E-state index is 0.0876. The summed E-state index contributed by atoms with van der Waals surface area (Å²) >= 11 is 0. The van der Waals surface area contributed by atoms with Gasteiger partial charge in [-0.05, 0) is 57.8 Å². The van der Waals surface area contributed by atoms with Gasteiger partial charge in [0.25, 0.3) is 0 Å². The summed E-state index contributed by atoms with van der Waals surface area (Å²) in [7, 11) is -9.93. The molecular weight excluding hydrogens is 1310 g/mol. The van der Waals surface area contributed by atoms with Gasteiger partial charge in [0.05, 0.1) is 26.4 Å². The number of carbonyl (C=O) groups is 4. The van der Waals surface area contributed by atoms with E-state index in [2.05, 4.69) is 52.0 Å². The van der Waals surface area contributed by atoms with Crippen LogP contribution in [-0.4, -0.2) is 96.7 Å². The Morgan fingerprint density at radius 1 is 0.280 bits per heavy atom. The van der Waals surface area contributed by atoms with Crippen molar-refractivity contribution in [3.05, 3.63) is 24.3 Å². The van der Waals surface area contributed by atoms with Crippen molar-refractivity contribution in [3.63, 3.8) is 0 Å². The lowest BCUT2D eigenvalue weighted by atomic mass is 10.0. The molecule has 17 nitrogen and oxygen atoms in total. The molecule has 19 heteroatoms. The van der Waals surface area contributed by atoms with Crippen molar-refractivity contribution in [1.82, 2.24) is 0 Å². The highest BCUT2D eigenvalue weighted by Crippen LogP contribution is 2.45. The number of aliphatic hydroxyl groups is 1. The summed E-state index contributed by atoms with van der Waals surface area (Å²) in [6, 6.07) is 0. The van der Waals surface area contributed by atoms with E-state index in [4.69, 9.17) is 37.0 Å². The molecule has 3 N–H and O–H groups in total. The molecule has 0 aromatic carbocycles. The molecule has 0 saturated heterocycles. The molecule has 0 aromatic rings. The van der Waals surface area contributed by atoms with Crippen molar-refractivity contribution in [2.75, 3.05) is 39.6 Å². The molecule has 2 unspecified atom stereocenters. The molecule has 0 heterocycles. The third-order valence-corrected chi connectivity index (χ3v) is 20.4. The number of esters is 4. The molecule has 0 aromatic heterocycles. The van der Waals surface area contributed by atoms with Crippen LogP contribution in [0.2, 0.25) is 0 Å². The number of rotatable bonds is 80. The summed E-state index contributed by atoms with van der Waals surface area (Å²) in [5, 5.41) is 10.6. The van der Waals surface area contributed by atoms with Gasteiger partial charge in [-0.2, -0.15) is 0 Å². The summed E-state index contributed by atoms with van der Waals surface area (Å²) < 4.78 is 68.7. The number of allylic oxidation sites excluding steroid dienone is 4. The van der Waals surface area contributed by atoms with Gasteiger partial charge in [0, 0.05) is 25.7 Å². The quantitative estimate of drug-likeness (QED) is 0.0169. The Morgan fingerprint density at radius 3 is 0.760 bits per heavy atom. The minimum Gasteiger partial charge on any atom is -0.462 e. The van der Waals surface area contributed by atoms with Crippen LogP contribution in [0.1, 0.15) is 413 Å². The van der Waals surface area contributed by atoms with E-state index in [1.807, 2.05) is 0 Å². The second kappa shape index (κ2) is 74.8. The molecule has 5 atom stereocenters. The zero-order valence-electron chi connectivity index (χ0n) is 64.7. The highest BCUT2D eigenvalue weighted by molar-refractivity contribution is 7.47. The number of unbranched alkanes of at least 4 members (excludes halogenated alkanes) is 50. The van der Waals surface area contributed by atoms with Crippen molar-refractivity contribution < 1.29 is 80.2 Å². The molecular formula is C81H154O17P2. The first-order valence-corrected chi connectivity index (χ1v) is 44.6. The molecule has 0 aliphatic heterocycles. The second-order valence-corrected chi connectivity index (χ2v) is 31.4. The third kappa shape index (κ3) is 73.8. The summed E-state index contributed by atoms with van der Waals surface area (Å²) in [6.45, 7) is 4.96. The highest BCUT2D eigenvalue weighted by atomic mass is 31.2. The van der Waals surface area contributed by atoms with Crippen LogP contribution in [0.5, 0.6) is 0 Å². The first kappa shape index (κ1) is 97.5. The SMILES string of the molecule is CCCCC/C=C\C/C=C\CCCCCCCC(=O)O[C@H](COC(=O)CCCCCCCCCCCCCCC)COP(=O)(O)OC[C@@H](O)COP(=O)(O)OC[C@@H](COC(=O)CCCCCCCCCCCCCCCCC)OC(=O)CCCCCCCCCCCCCCCCCCC. The predicted molar refractivity (Wildman–Crippen MR) is 409 cm³/mol. The summed E-state index contributed by atoms with van der Waals surface area (Å²) in [4.78, 5) is 73.0. The first-order valence-electron chi connectivity index (χ1n) is 41.6. The number of hydrogen-bond acceptors (Lipinski definition) is 15. The zero-order chi connectivity index (χ0) is 73.2. The lowest BCUT2D eigenvalue weighted by Gasteiger charge is -2.21. The standard InChI is InChI=1S/C81H154O17P2/c1-5-9-13-17-21-25-29-33-36-37-40-44-48-52-56-60-64-68-81(86)98-77(72-92-79(84)66-62-58-54-50-46-42-38-34-30-26-22-18-14-10-6-2)74-96-100(89,90)94-70-75(82)69-93-99(87,88)95-73-76(71-91-78(83)65-61-57-53-49-45-41-32-28-24-20-16-12-8-4)97-80(85)67-63-59-55-51-47-43-39-35-31-27-23-19-15-11-7-3/h23,27,35,39,75-77,82H,5-22,24-26,28-34,36-38,40-74H2,1-4H3,(H,87,88)(H,89,90)/b27-23-,39-35-/t75-,76-,77-/m1/s1. The van der Waals surface area contributed by atoms with Crippen LogP contribution >= 0.6 is 15.6 Å². The number of hydrogen-bond donors (Lipinski definition) is 3. The van der Waals surface area contributed by atoms with Gasteiger partial charge in [0.2, 0.25) is 0 Å². The van der Waals surface area contributed by atoms with E-state index >= 15 is 0 Å². The van der Waals surface area contributed by atoms with Crippen LogP contribution in [0.25, 0.3) is 0 Å². The smallest absolute Gasteiger partial charge is 0.462 e. The Hall–Kier alpha value is -2.46. The Labute approximate surface area is 612 Å². The predicted octanol–water partition coefficient (Wildman–Crippen LogP) is 24.1. The maximum Gasteiger partial charge on any atom is 0.472 e. The molecule has 0 fully saturated rings. The largest absolute Gasteiger partial charge is 0.472 e. The van der Waals surface area contributed by atoms with Crippen molar-refractivity contribution >= 4 is 39.5 Å².